The van der Waals surface area contributed by atoms with E-state index >= 15 is 0 Å². The zero-order chi connectivity index (χ0) is 14.0. The lowest BCUT2D eigenvalue weighted by atomic mass is 10.00. The van der Waals surface area contributed by atoms with Crippen LogP contribution in [0.2, 0.25) is 0 Å². The van der Waals surface area contributed by atoms with Gasteiger partial charge in [0.2, 0.25) is 0 Å². The second-order valence-corrected chi connectivity index (χ2v) is 6.48. The maximum atomic E-state index is 10.4. The van der Waals surface area contributed by atoms with Crippen LogP contribution in [0, 0.1) is 5.92 Å². The minimum absolute atomic E-state index is 0.367. The number of rotatable bonds is 4. The first-order chi connectivity index (χ1) is 8.97. The first kappa shape index (κ1) is 14.5. The minimum atomic E-state index is -0.367. The fourth-order valence-electron chi connectivity index (χ4n) is 3.07. The summed E-state index contributed by atoms with van der Waals surface area (Å²) in [6.07, 6.45) is 0.882. The number of nitrogens with zero attached hydrogens (tertiary/aromatic N) is 1. The molecule has 0 saturated carbocycles. The Bertz CT molecular complexity index is 398. The van der Waals surface area contributed by atoms with E-state index in [2.05, 4.69) is 56.9 Å². The highest BCUT2D eigenvalue weighted by molar-refractivity contribution is 5.26. The van der Waals surface area contributed by atoms with Gasteiger partial charge in [-0.2, -0.15) is 0 Å². The molecular weight excluding hydrogens is 234 g/mol. The molecular formula is C17H27NO. The van der Waals surface area contributed by atoms with Crippen LogP contribution in [0.1, 0.15) is 57.3 Å². The molecule has 0 aromatic heterocycles. The van der Waals surface area contributed by atoms with Crippen molar-refractivity contribution < 1.29 is 5.11 Å². The highest BCUT2D eigenvalue weighted by atomic mass is 16.3. The third-order valence-corrected chi connectivity index (χ3v) is 4.31. The van der Waals surface area contributed by atoms with E-state index in [4.69, 9.17) is 0 Å². The van der Waals surface area contributed by atoms with Crippen LogP contribution in [0.4, 0.5) is 0 Å². The summed E-state index contributed by atoms with van der Waals surface area (Å²) in [4.78, 5) is 2.41. The molecule has 0 aliphatic carbocycles. The van der Waals surface area contributed by atoms with Crippen LogP contribution in [0.25, 0.3) is 0 Å². The van der Waals surface area contributed by atoms with Gasteiger partial charge in [-0.15, -0.1) is 0 Å². The molecule has 1 aromatic rings. The second kappa shape index (κ2) is 6.06. The molecule has 1 saturated heterocycles. The van der Waals surface area contributed by atoms with Gasteiger partial charge >= 0.3 is 0 Å². The molecule has 1 N–H and O–H groups in total. The Morgan fingerprint density at radius 1 is 1.16 bits per heavy atom. The molecule has 2 rings (SSSR count). The normalized spacial score (nSPS) is 26.0. The molecule has 0 amide bonds. The van der Waals surface area contributed by atoms with Crippen molar-refractivity contribution >= 4 is 0 Å². The van der Waals surface area contributed by atoms with Crippen molar-refractivity contribution in [3.8, 4) is 0 Å². The van der Waals surface area contributed by atoms with Gasteiger partial charge in [0.05, 0.1) is 6.10 Å². The van der Waals surface area contributed by atoms with E-state index in [-0.39, 0.29) is 6.10 Å². The van der Waals surface area contributed by atoms with E-state index in [9.17, 15) is 5.11 Å². The monoisotopic (exact) mass is 261 g/mol. The van der Waals surface area contributed by atoms with Crippen molar-refractivity contribution in [3.63, 3.8) is 0 Å². The quantitative estimate of drug-likeness (QED) is 0.895. The van der Waals surface area contributed by atoms with Crippen molar-refractivity contribution in [2.75, 3.05) is 13.1 Å². The zero-order valence-electron chi connectivity index (χ0n) is 12.6. The van der Waals surface area contributed by atoms with E-state index in [0.717, 1.165) is 24.6 Å². The Kier molecular flexibility index (Phi) is 4.64. The van der Waals surface area contributed by atoms with Gasteiger partial charge in [0.15, 0.2) is 0 Å². The highest BCUT2D eigenvalue weighted by Crippen LogP contribution is 2.26. The molecule has 1 aliphatic heterocycles. The molecule has 19 heavy (non-hydrogen) atoms. The predicted molar refractivity (Wildman–Crippen MR) is 80.3 cm³/mol. The standard InChI is InChI=1S/C17H27NO/c1-12(2)15-5-7-16(8-6-15)17(19)11-18-10-13(3)9-14(18)4/h5-8,12-14,17,19H,9-11H2,1-4H3. The van der Waals surface area contributed by atoms with Gasteiger partial charge in [0, 0.05) is 19.1 Å². The molecule has 2 nitrogen and oxygen atoms in total. The van der Waals surface area contributed by atoms with Gasteiger partial charge in [0.25, 0.3) is 0 Å². The average molecular weight is 261 g/mol. The molecule has 0 bridgehead atoms. The maximum Gasteiger partial charge on any atom is 0.0917 e. The minimum Gasteiger partial charge on any atom is -0.387 e. The Labute approximate surface area is 117 Å². The fraction of sp³-hybridized carbons (Fsp3) is 0.647. The molecule has 1 heterocycles. The number of benzene rings is 1. The Morgan fingerprint density at radius 2 is 1.74 bits per heavy atom. The summed E-state index contributed by atoms with van der Waals surface area (Å²) in [5.41, 5.74) is 2.37. The van der Waals surface area contributed by atoms with Crippen LogP contribution in [-0.2, 0) is 0 Å². The molecule has 1 aliphatic rings. The number of β-amino-alcohol motifs (C(OH)–C–C–N with tert-alkyl or cyclic N) is 1. The maximum absolute atomic E-state index is 10.4. The molecule has 0 spiro atoms. The van der Waals surface area contributed by atoms with E-state index in [1.54, 1.807) is 0 Å². The molecule has 1 fully saturated rings. The second-order valence-electron chi connectivity index (χ2n) is 6.48. The molecule has 3 unspecified atom stereocenters. The number of hydrogen-bond donors (Lipinski definition) is 1. The van der Waals surface area contributed by atoms with Crippen molar-refractivity contribution in [2.24, 2.45) is 5.92 Å². The molecule has 3 atom stereocenters. The number of hydrogen-bond acceptors (Lipinski definition) is 2. The lowest BCUT2D eigenvalue weighted by Gasteiger charge is -2.24. The molecule has 2 heteroatoms. The Morgan fingerprint density at radius 3 is 2.21 bits per heavy atom. The van der Waals surface area contributed by atoms with E-state index in [1.807, 2.05) is 0 Å². The molecule has 0 radical (unpaired) electrons. The van der Waals surface area contributed by atoms with Crippen molar-refractivity contribution in [1.29, 1.82) is 0 Å². The predicted octanol–water partition coefficient (Wildman–Crippen LogP) is 3.57. The van der Waals surface area contributed by atoms with Gasteiger partial charge in [-0.3, -0.25) is 4.90 Å². The van der Waals surface area contributed by atoms with Crippen molar-refractivity contribution in [1.82, 2.24) is 4.90 Å². The van der Waals surface area contributed by atoms with Crippen LogP contribution in [-0.4, -0.2) is 29.1 Å². The van der Waals surface area contributed by atoms with Crippen LogP contribution < -0.4 is 0 Å². The topological polar surface area (TPSA) is 23.5 Å². The van der Waals surface area contributed by atoms with E-state index < -0.39 is 0 Å². The van der Waals surface area contributed by atoms with Crippen molar-refractivity contribution in [2.45, 2.75) is 52.2 Å². The van der Waals surface area contributed by atoms with Gasteiger partial charge < -0.3 is 5.11 Å². The average Bonchev–Trinajstić information content (AvgIpc) is 2.68. The largest absolute Gasteiger partial charge is 0.387 e. The number of aliphatic hydroxyl groups excluding tert-OH is 1. The summed E-state index contributed by atoms with van der Waals surface area (Å²) in [5, 5.41) is 10.4. The van der Waals surface area contributed by atoms with E-state index in [1.165, 1.54) is 12.0 Å². The Hall–Kier alpha value is -0.860. The van der Waals surface area contributed by atoms with Crippen LogP contribution in [0.15, 0.2) is 24.3 Å². The zero-order valence-corrected chi connectivity index (χ0v) is 12.6. The SMILES string of the molecule is CC1CC(C)N(CC(O)c2ccc(C(C)C)cc2)C1. The molecule has 1 aromatic carbocycles. The van der Waals surface area contributed by atoms with Crippen molar-refractivity contribution in [3.05, 3.63) is 35.4 Å². The third-order valence-electron chi connectivity index (χ3n) is 4.31. The van der Waals surface area contributed by atoms with Gasteiger partial charge in [0.1, 0.15) is 0 Å². The fourth-order valence-corrected chi connectivity index (χ4v) is 3.07. The summed E-state index contributed by atoms with van der Waals surface area (Å²) in [6.45, 7) is 10.8. The van der Waals surface area contributed by atoms with E-state index in [0.29, 0.717) is 12.0 Å². The van der Waals surface area contributed by atoms with Gasteiger partial charge in [-0.1, -0.05) is 45.0 Å². The van der Waals surface area contributed by atoms with Crippen LogP contribution in [0.3, 0.4) is 0 Å². The van der Waals surface area contributed by atoms with Crippen LogP contribution in [0.5, 0.6) is 0 Å². The lowest BCUT2D eigenvalue weighted by molar-refractivity contribution is 0.109. The first-order valence-corrected chi connectivity index (χ1v) is 7.49. The number of aliphatic hydroxyl groups is 1. The summed E-state index contributed by atoms with van der Waals surface area (Å²) in [7, 11) is 0. The third kappa shape index (κ3) is 3.58. The molecule has 106 valence electrons. The van der Waals surface area contributed by atoms with Gasteiger partial charge in [-0.25, -0.2) is 0 Å². The smallest absolute Gasteiger partial charge is 0.0917 e. The van der Waals surface area contributed by atoms with Crippen LogP contribution >= 0.6 is 0 Å². The highest BCUT2D eigenvalue weighted by Gasteiger charge is 2.27. The number of likely N-dealkylation sites (tertiary alicyclic amines) is 1. The summed E-state index contributed by atoms with van der Waals surface area (Å²) in [6, 6.07) is 9.02. The lowest BCUT2D eigenvalue weighted by Crippen LogP contribution is -2.31. The summed E-state index contributed by atoms with van der Waals surface area (Å²) < 4.78 is 0. The Balaban J connectivity index is 1.98. The first-order valence-electron chi connectivity index (χ1n) is 7.49. The summed E-state index contributed by atoms with van der Waals surface area (Å²) in [5.74, 6) is 1.30. The summed E-state index contributed by atoms with van der Waals surface area (Å²) >= 11 is 0. The van der Waals surface area contributed by atoms with Gasteiger partial charge in [-0.05, 0) is 36.3 Å².